The topological polar surface area (TPSA) is 111 Å². The highest BCUT2D eigenvalue weighted by atomic mass is 19.1. The van der Waals surface area contributed by atoms with Crippen LogP contribution >= 0.6 is 0 Å². The van der Waals surface area contributed by atoms with Gasteiger partial charge in [0, 0.05) is 23.3 Å². The summed E-state index contributed by atoms with van der Waals surface area (Å²) in [5.74, 6) is -1.32. The fourth-order valence-electron chi connectivity index (χ4n) is 3.78. The molecule has 2 aromatic carbocycles. The quantitative estimate of drug-likeness (QED) is 0.513. The highest BCUT2D eigenvalue weighted by Gasteiger charge is 2.32. The van der Waals surface area contributed by atoms with Crippen LogP contribution in [0, 0.1) is 22.9 Å². The number of nitro benzene ring substituents is 1. The number of imidazole rings is 1. The molecule has 152 valence electrons. The lowest BCUT2D eigenvalue weighted by Gasteiger charge is -2.14. The van der Waals surface area contributed by atoms with Gasteiger partial charge in [0.25, 0.3) is 5.69 Å². The summed E-state index contributed by atoms with van der Waals surface area (Å²) in [5, 5.41) is 21.1. The molecular formula is C21H17FN4O4. The van der Waals surface area contributed by atoms with Crippen molar-refractivity contribution in [3.63, 3.8) is 0 Å². The van der Waals surface area contributed by atoms with Crippen LogP contribution in [0.3, 0.4) is 0 Å². The molecule has 0 saturated carbocycles. The molecular weight excluding hydrogens is 391 g/mol. The first-order valence-electron chi connectivity index (χ1n) is 9.27. The number of nitrogens with zero attached hydrogens (tertiary/aromatic N) is 4. The van der Waals surface area contributed by atoms with E-state index in [-0.39, 0.29) is 22.7 Å². The molecule has 9 heteroatoms. The minimum Gasteiger partial charge on any atom is -0.476 e. The zero-order valence-electron chi connectivity index (χ0n) is 16.2. The second kappa shape index (κ2) is 7.18. The van der Waals surface area contributed by atoms with E-state index in [4.69, 9.17) is 4.99 Å². The lowest BCUT2D eigenvalue weighted by Crippen LogP contribution is -2.10. The molecule has 1 N–H and O–H groups in total. The maximum absolute atomic E-state index is 14.7. The van der Waals surface area contributed by atoms with Gasteiger partial charge in [-0.1, -0.05) is 19.1 Å². The van der Waals surface area contributed by atoms with Gasteiger partial charge in [0.05, 0.1) is 28.1 Å². The minimum absolute atomic E-state index is 0.137. The van der Waals surface area contributed by atoms with Crippen molar-refractivity contribution >= 4 is 17.4 Å². The third-order valence-electron chi connectivity index (χ3n) is 5.09. The average Bonchev–Trinajstić information content (AvgIpc) is 2.99. The number of aliphatic imine (C=N–C) groups is 1. The predicted molar refractivity (Wildman–Crippen MR) is 107 cm³/mol. The Kier molecular flexibility index (Phi) is 4.65. The van der Waals surface area contributed by atoms with E-state index >= 15 is 0 Å². The van der Waals surface area contributed by atoms with E-state index in [1.54, 1.807) is 29.7 Å². The number of benzene rings is 2. The van der Waals surface area contributed by atoms with Crippen LogP contribution in [0.1, 0.15) is 52.5 Å². The van der Waals surface area contributed by atoms with Gasteiger partial charge in [0.15, 0.2) is 5.69 Å². The van der Waals surface area contributed by atoms with Gasteiger partial charge in [-0.15, -0.1) is 0 Å². The SMILES string of the molecule is CCC1N=C(c2ccccc2F)c2cc([N+](=O)[O-])ccc2-n2c(C)nc(C(=O)O)c21. The van der Waals surface area contributed by atoms with Crippen molar-refractivity contribution in [3.05, 3.63) is 86.7 Å². The Morgan fingerprint density at radius 2 is 2.00 bits per heavy atom. The van der Waals surface area contributed by atoms with Gasteiger partial charge in [-0.2, -0.15) is 0 Å². The number of hydrogen-bond acceptors (Lipinski definition) is 5. The highest BCUT2D eigenvalue weighted by Crippen LogP contribution is 2.37. The molecule has 1 unspecified atom stereocenters. The maximum Gasteiger partial charge on any atom is 0.356 e. The van der Waals surface area contributed by atoms with Crippen LogP contribution in [0.15, 0.2) is 47.5 Å². The summed E-state index contributed by atoms with van der Waals surface area (Å²) >= 11 is 0. The van der Waals surface area contributed by atoms with Gasteiger partial charge in [0.2, 0.25) is 0 Å². The van der Waals surface area contributed by atoms with Crippen molar-refractivity contribution < 1.29 is 19.2 Å². The first-order valence-corrected chi connectivity index (χ1v) is 9.27. The van der Waals surface area contributed by atoms with Crippen molar-refractivity contribution in [2.75, 3.05) is 0 Å². The van der Waals surface area contributed by atoms with Crippen LogP contribution < -0.4 is 0 Å². The average molecular weight is 408 g/mol. The molecule has 4 rings (SSSR count). The van der Waals surface area contributed by atoms with Crippen LogP contribution in [0.2, 0.25) is 0 Å². The molecule has 0 aliphatic carbocycles. The van der Waals surface area contributed by atoms with E-state index in [0.29, 0.717) is 29.2 Å². The monoisotopic (exact) mass is 408 g/mol. The molecule has 0 saturated heterocycles. The first-order chi connectivity index (χ1) is 14.3. The van der Waals surface area contributed by atoms with Gasteiger partial charge in [-0.05, 0) is 31.5 Å². The van der Waals surface area contributed by atoms with Crippen LogP contribution in [0.4, 0.5) is 10.1 Å². The van der Waals surface area contributed by atoms with E-state index < -0.39 is 22.8 Å². The molecule has 0 bridgehead atoms. The molecule has 8 nitrogen and oxygen atoms in total. The van der Waals surface area contributed by atoms with Crippen molar-refractivity contribution in [1.29, 1.82) is 0 Å². The molecule has 0 fully saturated rings. The molecule has 1 aliphatic rings. The Labute approximate surface area is 170 Å². The molecule has 1 aromatic heterocycles. The summed E-state index contributed by atoms with van der Waals surface area (Å²) in [6.45, 7) is 3.49. The van der Waals surface area contributed by atoms with Crippen molar-refractivity contribution in [2.24, 2.45) is 4.99 Å². The smallest absolute Gasteiger partial charge is 0.356 e. The van der Waals surface area contributed by atoms with Crippen molar-refractivity contribution in [1.82, 2.24) is 9.55 Å². The van der Waals surface area contributed by atoms with Crippen LogP contribution in [0.25, 0.3) is 5.69 Å². The van der Waals surface area contributed by atoms with Gasteiger partial charge in [-0.25, -0.2) is 14.2 Å². The van der Waals surface area contributed by atoms with Gasteiger partial charge in [-0.3, -0.25) is 19.7 Å². The van der Waals surface area contributed by atoms with E-state index in [1.807, 2.05) is 6.92 Å². The molecule has 30 heavy (non-hydrogen) atoms. The lowest BCUT2D eigenvalue weighted by molar-refractivity contribution is -0.384. The number of rotatable bonds is 4. The number of carboxylic acids is 1. The fraction of sp³-hybridized carbons (Fsp3) is 0.190. The van der Waals surface area contributed by atoms with E-state index in [2.05, 4.69) is 4.98 Å². The fourth-order valence-corrected chi connectivity index (χ4v) is 3.78. The van der Waals surface area contributed by atoms with Crippen molar-refractivity contribution in [3.8, 4) is 5.69 Å². The third-order valence-corrected chi connectivity index (χ3v) is 5.09. The number of aromatic carboxylic acids is 1. The summed E-state index contributed by atoms with van der Waals surface area (Å²) in [6, 6.07) is 9.59. The van der Waals surface area contributed by atoms with E-state index in [0.717, 1.165) is 0 Å². The predicted octanol–water partition coefficient (Wildman–Crippen LogP) is 4.23. The zero-order valence-corrected chi connectivity index (χ0v) is 16.2. The molecule has 3 aromatic rings. The van der Waals surface area contributed by atoms with E-state index in [9.17, 15) is 24.4 Å². The number of non-ortho nitro benzene ring substituents is 1. The Hall–Kier alpha value is -3.88. The Morgan fingerprint density at radius 3 is 2.63 bits per heavy atom. The normalized spacial score (nSPS) is 15.0. The van der Waals surface area contributed by atoms with E-state index in [1.165, 1.54) is 24.3 Å². The first kappa shape index (κ1) is 19.4. The number of aromatic nitrogens is 2. The Morgan fingerprint density at radius 1 is 1.27 bits per heavy atom. The third kappa shape index (κ3) is 2.95. The van der Waals surface area contributed by atoms with Gasteiger partial charge in [0.1, 0.15) is 11.6 Å². The molecule has 2 heterocycles. The maximum atomic E-state index is 14.7. The van der Waals surface area contributed by atoms with Crippen molar-refractivity contribution in [2.45, 2.75) is 26.3 Å². The van der Waals surface area contributed by atoms with Gasteiger partial charge >= 0.3 is 5.97 Å². The second-order valence-electron chi connectivity index (χ2n) is 6.87. The summed E-state index contributed by atoms with van der Waals surface area (Å²) in [6.07, 6.45) is 0.430. The van der Waals surface area contributed by atoms with Crippen LogP contribution in [-0.2, 0) is 0 Å². The molecule has 1 atom stereocenters. The summed E-state index contributed by atoms with van der Waals surface area (Å²) in [7, 11) is 0. The Balaban J connectivity index is 2.13. The summed E-state index contributed by atoms with van der Waals surface area (Å²) < 4.78 is 16.4. The molecule has 0 radical (unpaired) electrons. The molecule has 0 spiro atoms. The standard InChI is InChI=1S/C21H17FN4O4/c1-3-16-20-19(21(27)28)23-11(2)25(20)17-9-8-12(26(29)30)10-14(17)18(24-16)13-6-4-5-7-15(13)22/h4-10,16H,3H2,1-2H3,(H,27,28). The largest absolute Gasteiger partial charge is 0.476 e. The zero-order chi connectivity index (χ0) is 21.6. The second-order valence-corrected chi connectivity index (χ2v) is 6.87. The number of nitro groups is 1. The summed E-state index contributed by atoms with van der Waals surface area (Å²) in [5.41, 5.74) is 1.27. The van der Waals surface area contributed by atoms with Crippen LogP contribution in [0.5, 0.6) is 0 Å². The highest BCUT2D eigenvalue weighted by molar-refractivity contribution is 6.16. The minimum atomic E-state index is -1.20. The van der Waals surface area contributed by atoms with Crippen LogP contribution in [-0.4, -0.2) is 31.3 Å². The number of carbonyl (C=O) groups is 1. The number of hydrogen-bond donors (Lipinski definition) is 1. The lowest BCUT2D eigenvalue weighted by atomic mass is 9.99. The molecule has 0 amide bonds. The molecule has 1 aliphatic heterocycles. The number of aryl methyl sites for hydroxylation is 1. The number of halogens is 1. The number of carboxylic acid groups (broad SMARTS) is 1. The van der Waals surface area contributed by atoms with Gasteiger partial charge < -0.3 is 5.11 Å². The summed E-state index contributed by atoms with van der Waals surface area (Å²) in [4.78, 5) is 31.6. The number of fused-ring (bicyclic) bond motifs is 3. The Bertz CT molecular complexity index is 1230.